The van der Waals surface area contributed by atoms with E-state index < -0.39 is 0 Å². The van der Waals surface area contributed by atoms with Crippen LogP contribution in [0, 0.1) is 18.8 Å². The van der Waals surface area contributed by atoms with Gasteiger partial charge in [-0.25, -0.2) is 0 Å². The van der Waals surface area contributed by atoms with E-state index in [4.69, 9.17) is 0 Å². The van der Waals surface area contributed by atoms with Crippen LogP contribution in [0.25, 0.3) is 0 Å². The highest BCUT2D eigenvalue weighted by Gasteiger charge is 2.22. The average molecular weight is 274 g/mol. The zero-order chi connectivity index (χ0) is 14.5. The van der Waals surface area contributed by atoms with Crippen molar-refractivity contribution in [1.82, 2.24) is 10.2 Å². The van der Waals surface area contributed by atoms with Gasteiger partial charge >= 0.3 is 0 Å². The van der Waals surface area contributed by atoms with E-state index in [1.54, 1.807) is 0 Å². The van der Waals surface area contributed by atoms with Crippen molar-refractivity contribution in [3.05, 3.63) is 35.4 Å². The van der Waals surface area contributed by atoms with Crippen LogP contribution in [-0.4, -0.2) is 31.6 Å². The Morgan fingerprint density at radius 3 is 2.30 bits per heavy atom. The fourth-order valence-corrected chi connectivity index (χ4v) is 3.56. The van der Waals surface area contributed by atoms with Crippen molar-refractivity contribution in [2.24, 2.45) is 11.8 Å². The van der Waals surface area contributed by atoms with Gasteiger partial charge in [-0.15, -0.1) is 0 Å². The first-order valence-electron chi connectivity index (χ1n) is 8.04. The smallest absolute Gasteiger partial charge is 0.0329 e. The van der Waals surface area contributed by atoms with E-state index >= 15 is 0 Å². The number of hydrogen-bond donors (Lipinski definition) is 1. The number of benzene rings is 1. The Morgan fingerprint density at radius 1 is 1.15 bits per heavy atom. The Labute approximate surface area is 124 Å². The number of piperidine rings is 1. The Bertz CT molecular complexity index is 388. The number of nitrogens with zero attached hydrogens (tertiary/aromatic N) is 1. The summed E-state index contributed by atoms with van der Waals surface area (Å²) in [7, 11) is 2.08. The van der Waals surface area contributed by atoms with Crippen molar-refractivity contribution >= 4 is 0 Å². The topological polar surface area (TPSA) is 15.3 Å². The zero-order valence-electron chi connectivity index (χ0n) is 13.5. The van der Waals surface area contributed by atoms with Crippen LogP contribution < -0.4 is 5.32 Å². The predicted octanol–water partition coefficient (Wildman–Crippen LogP) is 3.62. The van der Waals surface area contributed by atoms with Gasteiger partial charge in [0.2, 0.25) is 0 Å². The molecule has 3 atom stereocenters. The molecule has 1 saturated heterocycles. The molecule has 0 aliphatic carbocycles. The second-order valence-corrected chi connectivity index (χ2v) is 6.75. The molecule has 0 saturated carbocycles. The standard InChI is InChI=1S/C18H30N2/c1-14-5-7-17(8-6-14)18(19-4)9-10-20-12-15(2)11-16(3)13-20/h5-8,15-16,18-19H,9-13H2,1-4H3. The first-order chi connectivity index (χ1) is 9.58. The molecule has 1 aromatic carbocycles. The molecule has 0 aromatic heterocycles. The van der Waals surface area contributed by atoms with Gasteiger partial charge in [-0.2, -0.15) is 0 Å². The van der Waals surface area contributed by atoms with Gasteiger partial charge in [-0.3, -0.25) is 0 Å². The van der Waals surface area contributed by atoms with E-state index in [9.17, 15) is 0 Å². The summed E-state index contributed by atoms with van der Waals surface area (Å²) >= 11 is 0. The minimum Gasteiger partial charge on any atom is -0.313 e. The van der Waals surface area contributed by atoms with Gasteiger partial charge in [0.15, 0.2) is 0 Å². The average Bonchev–Trinajstić information content (AvgIpc) is 2.40. The SMILES string of the molecule is CNC(CCN1CC(C)CC(C)C1)c1ccc(C)cc1. The lowest BCUT2D eigenvalue weighted by molar-refractivity contribution is 0.136. The number of nitrogens with one attached hydrogen (secondary N) is 1. The maximum atomic E-state index is 3.47. The van der Waals surface area contributed by atoms with E-state index in [0.29, 0.717) is 6.04 Å². The van der Waals surface area contributed by atoms with Gasteiger partial charge in [0.05, 0.1) is 0 Å². The molecule has 2 heteroatoms. The van der Waals surface area contributed by atoms with E-state index in [1.807, 2.05) is 0 Å². The normalized spacial score (nSPS) is 25.6. The fourth-order valence-electron chi connectivity index (χ4n) is 3.56. The van der Waals surface area contributed by atoms with Crippen molar-refractivity contribution in [3.63, 3.8) is 0 Å². The second kappa shape index (κ2) is 7.24. The van der Waals surface area contributed by atoms with Crippen LogP contribution >= 0.6 is 0 Å². The molecule has 3 unspecified atom stereocenters. The fraction of sp³-hybridized carbons (Fsp3) is 0.667. The Morgan fingerprint density at radius 2 is 1.75 bits per heavy atom. The van der Waals surface area contributed by atoms with E-state index in [1.165, 1.54) is 43.6 Å². The molecule has 0 spiro atoms. The molecule has 1 N–H and O–H groups in total. The van der Waals surface area contributed by atoms with E-state index in [2.05, 4.69) is 62.3 Å². The minimum atomic E-state index is 0.475. The molecule has 2 nitrogen and oxygen atoms in total. The van der Waals surface area contributed by atoms with Crippen LogP contribution in [0.4, 0.5) is 0 Å². The van der Waals surface area contributed by atoms with Crippen molar-refractivity contribution in [3.8, 4) is 0 Å². The monoisotopic (exact) mass is 274 g/mol. The molecule has 2 rings (SSSR count). The Hall–Kier alpha value is -0.860. The third kappa shape index (κ3) is 4.32. The van der Waals surface area contributed by atoms with Gasteiger partial charge in [0, 0.05) is 19.1 Å². The summed E-state index contributed by atoms with van der Waals surface area (Å²) in [6, 6.07) is 9.42. The van der Waals surface area contributed by atoms with Crippen LogP contribution in [0.5, 0.6) is 0 Å². The minimum absolute atomic E-state index is 0.475. The van der Waals surface area contributed by atoms with Gasteiger partial charge < -0.3 is 10.2 Å². The molecule has 112 valence electrons. The quantitative estimate of drug-likeness (QED) is 0.882. The van der Waals surface area contributed by atoms with Crippen molar-refractivity contribution in [2.75, 3.05) is 26.7 Å². The lowest BCUT2D eigenvalue weighted by atomic mass is 9.91. The largest absolute Gasteiger partial charge is 0.313 e. The molecule has 0 bridgehead atoms. The molecule has 1 fully saturated rings. The predicted molar refractivity (Wildman–Crippen MR) is 87.0 cm³/mol. The van der Waals surface area contributed by atoms with Crippen LogP contribution in [0.3, 0.4) is 0 Å². The summed E-state index contributed by atoms with van der Waals surface area (Å²) in [5.74, 6) is 1.71. The summed E-state index contributed by atoms with van der Waals surface area (Å²) in [5.41, 5.74) is 2.75. The van der Waals surface area contributed by atoms with E-state index in [0.717, 1.165) is 11.8 Å². The van der Waals surface area contributed by atoms with Crippen molar-refractivity contribution in [1.29, 1.82) is 0 Å². The lowest BCUT2D eigenvalue weighted by Gasteiger charge is -2.35. The Kier molecular flexibility index (Phi) is 5.62. The highest BCUT2D eigenvalue weighted by Crippen LogP contribution is 2.23. The molecule has 0 amide bonds. The number of rotatable bonds is 5. The first kappa shape index (κ1) is 15.5. The third-order valence-corrected chi connectivity index (χ3v) is 4.51. The maximum absolute atomic E-state index is 3.47. The second-order valence-electron chi connectivity index (χ2n) is 6.75. The third-order valence-electron chi connectivity index (χ3n) is 4.51. The van der Waals surface area contributed by atoms with Gasteiger partial charge in [0.1, 0.15) is 0 Å². The highest BCUT2D eigenvalue weighted by molar-refractivity contribution is 5.24. The van der Waals surface area contributed by atoms with E-state index in [-0.39, 0.29) is 0 Å². The Balaban J connectivity index is 1.89. The lowest BCUT2D eigenvalue weighted by Crippen LogP contribution is -2.40. The molecule has 20 heavy (non-hydrogen) atoms. The molecular weight excluding hydrogens is 244 g/mol. The summed E-state index contributed by atoms with van der Waals surface area (Å²) in [4.78, 5) is 2.65. The van der Waals surface area contributed by atoms with Crippen LogP contribution in [0.15, 0.2) is 24.3 Å². The molecule has 0 radical (unpaired) electrons. The first-order valence-corrected chi connectivity index (χ1v) is 8.04. The number of likely N-dealkylation sites (tertiary alicyclic amines) is 1. The van der Waals surface area contributed by atoms with Gasteiger partial charge in [0.25, 0.3) is 0 Å². The number of hydrogen-bond acceptors (Lipinski definition) is 2. The summed E-state index contributed by atoms with van der Waals surface area (Å²) in [6.45, 7) is 10.7. The van der Waals surface area contributed by atoms with Gasteiger partial charge in [-0.05, 0) is 50.8 Å². The van der Waals surface area contributed by atoms with Gasteiger partial charge in [-0.1, -0.05) is 43.7 Å². The van der Waals surface area contributed by atoms with Crippen molar-refractivity contribution in [2.45, 2.75) is 39.7 Å². The summed E-state index contributed by atoms with van der Waals surface area (Å²) in [5, 5.41) is 3.47. The van der Waals surface area contributed by atoms with Crippen LogP contribution in [-0.2, 0) is 0 Å². The molecule has 1 heterocycles. The van der Waals surface area contributed by atoms with Crippen LogP contribution in [0.1, 0.15) is 43.9 Å². The van der Waals surface area contributed by atoms with Crippen molar-refractivity contribution < 1.29 is 0 Å². The molecule has 1 aliphatic rings. The zero-order valence-corrected chi connectivity index (χ0v) is 13.5. The maximum Gasteiger partial charge on any atom is 0.0329 e. The summed E-state index contributed by atoms with van der Waals surface area (Å²) < 4.78 is 0. The number of aryl methyl sites for hydroxylation is 1. The summed E-state index contributed by atoms with van der Waals surface area (Å²) in [6.07, 6.45) is 2.59. The molecule has 1 aromatic rings. The van der Waals surface area contributed by atoms with Crippen LogP contribution in [0.2, 0.25) is 0 Å². The molecule has 1 aliphatic heterocycles. The molecular formula is C18H30N2. The highest BCUT2D eigenvalue weighted by atomic mass is 15.1.